The van der Waals surface area contributed by atoms with Crippen LogP contribution < -0.4 is 19.7 Å². The van der Waals surface area contributed by atoms with Crippen molar-refractivity contribution in [2.75, 3.05) is 71.6 Å². The minimum Gasteiger partial charge on any atom is -0.461 e. The van der Waals surface area contributed by atoms with Gasteiger partial charge in [-0.05, 0) is 86.5 Å². The summed E-state index contributed by atoms with van der Waals surface area (Å²) in [6, 6.07) is 5.41. The number of hydrogen-bond donors (Lipinski definition) is 1. The van der Waals surface area contributed by atoms with Crippen molar-refractivity contribution in [1.29, 1.82) is 0 Å². The highest BCUT2D eigenvalue weighted by Gasteiger charge is 2.49. The first-order chi connectivity index (χ1) is 29.3. The first-order valence-corrected chi connectivity index (χ1v) is 20.8. The molecule has 8 heterocycles. The molecule has 1 N–H and O–H groups in total. The molecule has 4 saturated heterocycles. The van der Waals surface area contributed by atoms with Crippen molar-refractivity contribution in [2.24, 2.45) is 0 Å². The summed E-state index contributed by atoms with van der Waals surface area (Å²) in [6.07, 6.45) is -1.03. The van der Waals surface area contributed by atoms with Crippen molar-refractivity contribution < 1.29 is 51.9 Å². The largest absolute Gasteiger partial charge is 0.461 e. The summed E-state index contributed by atoms with van der Waals surface area (Å²) in [5, 5.41) is 3.59. The maximum atomic E-state index is 17.5. The van der Waals surface area contributed by atoms with Crippen LogP contribution in [0.15, 0.2) is 30.5 Å². The highest BCUT2D eigenvalue weighted by molar-refractivity contribution is 6.02. The summed E-state index contributed by atoms with van der Waals surface area (Å²) >= 11 is 0. The minimum atomic E-state index is -1.43. The normalized spacial score (nSPS) is 26.7. The standard InChI is InChI=1S/C41H44F5N7O5.C2H6O.H2/c1-40-15-25(43)19-52(21-40)36-30-17-47-34(33(46)35(30)48-37(49-36)57-22-41-9-4-11-53(41)20-26(44)16-41)29-14-27(58-39(55)51-10-2-5-24(42)18-51)13-23-7-8-31(45)28(32(23)29)6-3-12-56-38(54)50-40;1-3-2;/h7-8,13-14,17,24-26H,2-6,9-12,15-16,18-22H2,1H3,(H,50,54);1-2H3;1H/t24-,25+,26+,40+,41-;;/m0../s1. The van der Waals surface area contributed by atoms with Gasteiger partial charge in [-0.1, -0.05) is 6.07 Å². The Balaban J connectivity index is 0.00000141. The summed E-state index contributed by atoms with van der Waals surface area (Å²) in [5.41, 5.74) is -1.94. The number of hydrogen-bond acceptors (Lipinski definition) is 11. The Morgan fingerprint density at radius 2 is 1.82 bits per heavy atom. The van der Waals surface area contributed by atoms with E-state index >= 15 is 13.2 Å². The molecule has 18 heteroatoms. The lowest BCUT2D eigenvalue weighted by Crippen LogP contribution is -2.60. The Hall–Kier alpha value is -5.10. The number of likely N-dealkylation sites (tertiary alicyclic amines) is 1. The molecule has 10 rings (SSSR count). The molecule has 330 valence electrons. The van der Waals surface area contributed by atoms with E-state index in [0.29, 0.717) is 31.2 Å². The van der Waals surface area contributed by atoms with E-state index in [1.807, 2.05) is 0 Å². The number of aryl methyl sites for hydroxylation is 1. The number of halogens is 5. The number of fused-ring (bicyclic) bond motifs is 7. The average Bonchev–Trinajstić information content (AvgIpc) is 3.74. The summed E-state index contributed by atoms with van der Waals surface area (Å²) in [4.78, 5) is 45.1. The van der Waals surface area contributed by atoms with E-state index in [1.165, 1.54) is 35.4 Å². The highest BCUT2D eigenvalue weighted by Crippen LogP contribution is 2.43. The zero-order valence-corrected chi connectivity index (χ0v) is 34.5. The Morgan fingerprint density at radius 1 is 1.02 bits per heavy atom. The number of nitrogens with zero attached hydrogens (tertiary/aromatic N) is 6. The lowest BCUT2D eigenvalue weighted by atomic mass is 9.90. The molecule has 13 nitrogen and oxygen atoms in total. The van der Waals surface area contributed by atoms with Gasteiger partial charge in [-0.15, -0.1) is 0 Å². The Labute approximate surface area is 351 Å². The molecule has 6 aliphatic rings. The molecule has 2 aromatic carbocycles. The number of pyridine rings is 1. The highest BCUT2D eigenvalue weighted by atomic mass is 19.1. The van der Waals surface area contributed by atoms with Crippen molar-refractivity contribution in [3.8, 4) is 23.0 Å². The number of aromatic nitrogens is 3. The van der Waals surface area contributed by atoms with E-state index in [-0.39, 0.29) is 117 Å². The quantitative estimate of drug-likeness (QED) is 0.205. The predicted molar refractivity (Wildman–Crippen MR) is 218 cm³/mol. The fraction of sp³-hybridized carbons (Fsp3) is 0.558. The summed E-state index contributed by atoms with van der Waals surface area (Å²) in [6.45, 7) is 2.70. The molecule has 0 saturated carbocycles. The summed E-state index contributed by atoms with van der Waals surface area (Å²) in [7, 11) is 3.25. The molecule has 0 aliphatic carbocycles. The zero-order valence-electron chi connectivity index (χ0n) is 34.5. The average molecular weight is 858 g/mol. The van der Waals surface area contributed by atoms with Crippen molar-refractivity contribution >= 4 is 39.7 Å². The zero-order chi connectivity index (χ0) is 43.1. The van der Waals surface area contributed by atoms with Gasteiger partial charge in [-0.25, -0.2) is 31.5 Å². The number of alkyl carbamates (subject to hydrolysis) is 1. The fourth-order valence-corrected chi connectivity index (χ4v) is 9.69. The van der Waals surface area contributed by atoms with Crippen molar-refractivity contribution in [3.63, 3.8) is 0 Å². The lowest BCUT2D eigenvalue weighted by molar-refractivity contribution is 0.107. The first-order valence-electron chi connectivity index (χ1n) is 20.8. The van der Waals surface area contributed by atoms with Crippen LogP contribution in [0.2, 0.25) is 0 Å². The van der Waals surface area contributed by atoms with Crippen LogP contribution in [0, 0.1) is 11.6 Å². The molecule has 5 atom stereocenters. The van der Waals surface area contributed by atoms with Gasteiger partial charge in [0.05, 0.1) is 36.2 Å². The van der Waals surface area contributed by atoms with Crippen LogP contribution in [0.1, 0.15) is 58.9 Å². The molecule has 6 bridgehead atoms. The van der Waals surface area contributed by atoms with E-state index in [0.717, 1.165) is 13.0 Å². The van der Waals surface area contributed by atoms with Gasteiger partial charge in [0.15, 0.2) is 5.82 Å². The number of carbonyl (C=O) groups is 2. The van der Waals surface area contributed by atoms with Crippen molar-refractivity contribution in [2.45, 2.75) is 87.9 Å². The Morgan fingerprint density at radius 3 is 2.62 bits per heavy atom. The molecule has 4 fully saturated rings. The maximum absolute atomic E-state index is 17.5. The van der Waals surface area contributed by atoms with E-state index in [1.54, 1.807) is 26.0 Å². The van der Waals surface area contributed by atoms with Gasteiger partial charge in [0, 0.05) is 59.9 Å². The van der Waals surface area contributed by atoms with Crippen LogP contribution in [-0.2, 0) is 15.9 Å². The molecular formula is C43H52F5N7O6. The second kappa shape index (κ2) is 17.3. The van der Waals surface area contributed by atoms with Crippen molar-refractivity contribution in [1.82, 2.24) is 30.1 Å². The number of carbonyl (C=O) groups excluding carboxylic acids is 2. The lowest BCUT2D eigenvalue weighted by Gasteiger charge is -2.42. The molecule has 0 spiro atoms. The van der Waals surface area contributed by atoms with Gasteiger partial charge < -0.3 is 34.1 Å². The van der Waals surface area contributed by atoms with E-state index in [2.05, 4.69) is 29.9 Å². The molecule has 0 unspecified atom stereocenters. The van der Waals surface area contributed by atoms with Crippen LogP contribution in [0.5, 0.6) is 11.8 Å². The van der Waals surface area contributed by atoms with Gasteiger partial charge in [0.1, 0.15) is 53.7 Å². The Bertz CT molecular complexity index is 2320. The summed E-state index contributed by atoms with van der Waals surface area (Å²) in [5.74, 6) is -1.43. The number of nitrogens with one attached hydrogen (secondary N) is 1. The number of benzene rings is 2. The van der Waals surface area contributed by atoms with E-state index < -0.39 is 53.4 Å². The van der Waals surface area contributed by atoms with Gasteiger partial charge in [0.2, 0.25) is 0 Å². The smallest absolute Gasteiger partial charge is 0.415 e. The number of rotatable bonds is 4. The maximum Gasteiger partial charge on any atom is 0.415 e. The molecule has 2 aromatic heterocycles. The summed E-state index contributed by atoms with van der Waals surface area (Å²) < 4.78 is 99.7. The van der Waals surface area contributed by atoms with Crippen LogP contribution in [0.4, 0.5) is 37.4 Å². The second-order valence-electron chi connectivity index (χ2n) is 17.0. The fourth-order valence-electron chi connectivity index (χ4n) is 9.69. The third kappa shape index (κ3) is 8.70. The van der Waals surface area contributed by atoms with Gasteiger partial charge in [-0.2, -0.15) is 9.97 Å². The predicted octanol–water partition coefficient (Wildman–Crippen LogP) is 7.50. The molecule has 0 radical (unpaired) electrons. The number of anilines is 1. The SMILES string of the molecule is COC.C[C@@]12C[C@@H](F)CN(C1)c1nc(OC[C@@]34CCCN3C[C@H](F)C4)nc3c(F)c(ncc13)-c1cc(OC(=O)N3CCC[C@H](F)C3)cc3ccc(F)c(c13)CCCOC(=O)N2.[HH]. The third-order valence-electron chi connectivity index (χ3n) is 12.2. The third-order valence-corrected chi connectivity index (χ3v) is 12.2. The van der Waals surface area contributed by atoms with Crippen LogP contribution >= 0.6 is 0 Å². The van der Waals surface area contributed by atoms with Crippen LogP contribution in [0.3, 0.4) is 0 Å². The van der Waals surface area contributed by atoms with Crippen LogP contribution in [-0.4, -0.2) is 133 Å². The topological polar surface area (TPSA) is 131 Å². The minimum absolute atomic E-state index is 0. The van der Waals surface area contributed by atoms with Crippen molar-refractivity contribution in [3.05, 3.63) is 47.7 Å². The van der Waals surface area contributed by atoms with Crippen LogP contribution in [0.25, 0.3) is 32.9 Å². The van der Waals surface area contributed by atoms with Gasteiger partial charge in [-0.3, -0.25) is 9.88 Å². The molecule has 2 amide bonds. The second-order valence-corrected chi connectivity index (χ2v) is 17.0. The number of methoxy groups -OCH3 is 1. The number of ether oxygens (including phenoxy) is 4. The molecular weight excluding hydrogens is 806 g/mol. The van der Waals surface area contributed by atoms with Gasteiger partial charge >= 0.3 is 18.2 Å². The monoisotopic (exact) mass is 857 g/mol. The first kappa shape index (κ1) is 42.6. The van der Waals surface area contributed by atoms with Gasteiger partial charge in [0.25, 0.3) is 0 Å². The molecule has 4 aromatic rings. The van der Waals surface area contributed by atoms with E-state index in [9.17, 15) is 18.4 Å². The Kier molecular flexibility index (Phi) is 12.1. The number of amides is 2. The molecule has 61 heavy (non-hydrogen) atoms. The number of piperidine rings is 2. The molecule has 6 aliphatic heterocycles. The number of alkyl halides is 3. The van der Waals surface area contributed by atoms with E-state index in [4.69, 9.17) is 14.2 Å².